The Bertz CT molecular complexity index is 1770. The normalized spacial score (nSPS) is 25.1. The topological polar surface area (TPSA) is 101 Å². The Morgan fingerprint density at radius 3 is 2.13 bits per heavy atom. The molecule has 0 radical (unpaired) electrons. The molecular formula is C32H23F6NO6. The molecule has 1 N–H and O–H groups in total. The fourth-order valence-electron chi connectivity index (χ4n) is 6.93. The number of carbonyl (C=O) groups is 4. The van der Waals surface area contributed by atoms with Gasteiger partial charge in [0.05, 0.1) is 35.8 Å². The number of anilines is 1. The molecule has 4 aliphatic rings. The molecule has 2 aromatic rings. The zero-order chi connectivity index (χ0) is 32.7. The molecule has 1 aliphatic heterocycles. The number of ether oxygens (including phenoxy) is 1. The van der Waals surface area contributed by atoms with Crippen LogP contribution in [0.5, 0.6) is 11.5 Å². The fraction of sp³-hybridized carbons (Fsp3) is 0.312. The molecule has 0 aromatic heterocycles. The van der Waals surface area contributed by atoms with E-state index in [0.29, 0.717) is 28.4 Å². The number of carbonyl (C=O) groups excluding carboxylic acids is 4. The number of hydrogen-bond donors (Lipinski definition) is 1. The Morgan fingerprint density at radius 2 is 1.53 bits per heavy atom. The van der Waals surface area contributed by atoms with Crippen molar-refractivity contribution in [3.05, 3.63) is 87.5 Å². The minimum absolute atomic E-state index is 0.0535. The summed E-state index contributed by atoms with van der Waals surface area (Å²) in [5.41, 5.74) is -3.33. The second-order valence-electron chi connectivity index (χ2n) is 11.4. The maximum absolute atomic E-state index is 14.0. The lowest BCUT2D eigenvalue weighted by molar-refractivity contribution is -0.143. The maximum Gasteiger partial charge on any atom is 0.416 e. The maximum atomic E-state index is 14.0. The molecule has 0 bridgehead atoms. The summed E-state index contributed by atoms with van der Waals surface area (Å²) in [6.45, 7) is 1.46. The van der Waals surface area contributed by atoms with Crippen LogP contribution in [-0.2, 0) is 31.5 Å². The summed E-state index contributed by atoms with van der Waals surface area (Å²) >= 11 is 0. The Hall–Kier alpha value is -4.68. The molecule has 1 fully saturated rings. The number of benzene rings is 2. The molecule has 45 heavy (non-hydrogen) atoms. The van der Waals surface area contributed by atoms with E-state index in [4.69, 9.17) is 4.74 Å². The Morgan fingerprint density at radius 1 is 0.889 bits per heavy atom. The molecule has 2 amide bonds. The number of methoxy groups -OCH3 is 1. The molecule has 0 saturated carbocycles. The fourth-order valence-corrected chi connectivity index (χ4v) is 6.93. The van der Waals surface area contributed by atoms with E-state index in [9.17, 15) is 50.6 Å². The summed E-state index contributed by atoms with van der Waals surface area (Å²) in [6, 6.07) is 4.83. The van der Waals surface area contributed by atoms with Crippen LogP contribution in [0.15, 0.2) is 70.8 Å². The standard InChI is InChI=1S/C32H23F6NO6/c1-13-7-24(41)22-12-20-18(25(27(22)28(13)42)21-11-17(45-2)3-6-23(21)40)4-5-19-26(20)30(44)39(29(19)43)16-9-14(31(33,34)35)8-15(10-16)32(36,37)38/h3-4,6-11,19-20,25-26,40H,5,12H2,1-2H3/t19-,20+,25+,26-/m0/s1. The molecule has 1 saturated heterocycles. The zero-order valence-electron chi connectivity index (χ0n) is 23.5. The van der Waals surface area contributed by atoms with Gasteiger partial charge in [-0.25, -0.2) is 4.90 Å². The van der Waals surface area contributed by atoms with E-state index in [1.54, 1.807) is 6.08 Å². The average Bonchev–Trinajstić information content (AvgIpc) is 3.23. The summed E-state index contributed by atoms with van der Waals surface area (Å²) in [5.74, 6) is -7.30. The predicted octanol–water partition coefficient (Wildman–Crippen LogP) is 6.07. The second kappa shape index (κ2) is 10.2. The van der Waals surface area contributed by atoms with Crippen LogP contribution >= 0.6 is 0 Å². The van der Waals surface area contributed by atoms with E-state index in [1.807, 2.05) is 0 Å². The third-order valence-corrected chi connectivity index (χ3v) is 8.94. The van der Waals surface area contributed by atoms with Gasteiger partial charge in [-0.15, -0.1) is 0 Å². The number of halogens is 6. The van der Waals surface area contributed by atoms with Crippen molar-refractivity contribution >= 4 is 29.1 Å². The number of hydrogen-bond acceptors (Lipinski definition) is 6. The first kappa shape index (κ1) is 30.4. The van der Waals surface area contributed by atoms with Crippen LogP contribution in [0.3, 0.4) is 0 Å². The van der Waals surface area contributed by atoms with Gasteiger partial charge in [-0.1, -0.05) is 11.6 Å². The number of rotatable bonds is 3. The average molecular weight is 632 g/mol. The second-order valence-corrected chi connectivity index (χ2v) is 11.4. The minimum Gasteiger partial charge on any atom is -0.508 e. The molecule has 4 atom stereocenters. The number of Topliss-reactive ketones (excluding diaryl/α,β-unsaturated/α-hetero) is 1. The van der Waals surface area contributed by atoms with Crippen LogP contribution in [0.1, 0.15) is 42.4 Å². The third-order valence-electron chi connectivity index (χ3n) is 8.94. The highest BCUT2D eigenvalue weighted by Crippen LogP contribution is 2.57. The third kappa shape index (κ3) is 4.75. The number of aromatic hydroxyl groups is 1. The molecule has 2 aromatic carbocycles. The van der Waals surface area contributed by atoms with Crippen LogP contribution < -0.4 is 9.64 Å². The highest BCUT2D eigenvalue weighted by Gasteiger charge is 2.57. The Kier molecular flexibility index (Phi) is 6.86. The van der Waals surface area contributed by atoms with Gasteiger partial charge in [0.25, 0.3) is 0 Å². The lowest BCUT2D eigenvalue weighted by Crippen LogP contribution is -2.39. The van der Waals surface area contributed by atoms with Crippen molar-refractivity contribution in [3.63, 3.8) is 0 Å². The Balaban J connectivity index is 1.49. The van der Waals surface area contributed by atoms with Crippen LogP contribution in [0.4, 0.5) is 32.0 Å². The summed E-state index contributed by atoms with van der Waals surface area (Å²) in [5, 5.41) is 10.9. The summed E-state index contributed by atoms with van der Waals surface area (Å²) < 4.78 is 87.0. The van der Waals surface area contributed by atoms with Crippen molar-refractivity contribution in [2.45, 2.75) is 38.0 Å². The lowest BCUT2D eigenvalue weighted by atomic mass is 9.59. The van der Waals surface area contributed by atoms with Crippen LogP contribution in [0, 0.1) is 17.8 Å². The number of phenolic OH excluding ortho intramolecular Hbond substituents is 1. The van der Waals surface area contributed by atoms with Crippen LogP contribution in [-0.4, -0.2) is 35.6 Å². The molecule has 13 heteroatoms. The quantitative estimate of drug-likeness (QED) is 0.191. The number of nitrogens with zero attached hydrogens (tertiary/aromatic N) is 1. The summed E-state index contributed by atoms with van der Waals surface area (Å²) in [6.07, 6.45) is -7.97. The number of allylic oxidation sites excluding steroid dienone is 6. The highest BCUT2D eigenvalue weighted by atomic mass is 19.4. The molecule has 0 unspecified atom stereocenters. The molecule has 1 heterocycles. The van der Waals surface area contributed by atoms with E-state index >= 15 is 0 Å². The summed E-state index contributed by atoms with van der Waals surface area (Å²) in [7, 11) is 1.38. The van der Waals surface area contributed by atoms with E-state index in [0.717, 1.165) is 6.08 Å². The number of ketones is 2. The first-order valence-corrected chi connectivity index (χ1v) is 13.8. The number of amides is 2. The summed E-state index contributed by atoms with van der Waals surface area (Å²) in [4.78, 5) is 54.7. The number of fused-ring (bicyclic) bond motifs is 3. The first-order chi connectivity index (χ1) is 21.0. The van der Waals surface area contributed by atoms with Crippen LogP contribution in [0.25, 0.3) is 0 Å². The lowest BCUT2D eigenvalue weighted by Gasteiger charge is -2.42. The van der Waals surface area contributed by atoms with Gasteiger partial charge in [0, 0.05) is 28.2 Å². The van der Waals surface area contributed by atoms with E-state index in [2.05, 4.69) is 0 Å². The number of imide groups is 1. The van der Waals surface area contributed by atoms with Crippen molar-refractivity contribution < 1.29 is 55.4 Å². The molecule has 3 aliphatic carbocycles. The van der Waals surface area contributed by atoms with Crippen molar-refractivity contribution in [3.8, 4) is 11.5 Å². The van der Waals surface area contributed by atoms with Crippen molar-refractivity contribution in [2.24, 2.45) is 17.8 Å². The van der Waals surface area contributed by atoms with Gasteiger partial charge in [0.1, 0.15) is 11.5 Å². The Labute approximate surface area is 251 Å². The number of phenols is 1. The van der Waals surface area contributed by atoms with Gasteiger partial charge < -0.3 is 9.84 Å². The first-order valence-electron chi connectivity index (χ1n) is 13.8. The van der Waals surface area contributed by atoms with Crippen molar-refractivity contribution in [2.75, 3.05) is 12.0 Å². The number of alkyl halides is 6. The van der Waals surface area contributed by atoms with E-state index in [-0.39, 0.29) is 46.9 Å². The zero-order valence-corrected chi connectivity index (χ0v) is 23.5. The van der Waals surface area contributed by atoms with Gasteiger partial charge in [0.15, 0.2) is 11.6 Å². The SMILES string of the molecule is COc1ccc(O)c([C@H]2C3=CC[C@@H]4C(=O)N(c5cc(C(F)(F)F)cc(C(F)(F)F)c5)C(=O)[C@@H]4[C@@H]3CC3=C2C(=O)C(C)=CC3=O)c1. The van der Waals surface area contributed by atoms with Crippen molar-refractivity contribution in [1.82, 2.24) is 0 Å². The molecule has 7 nitrogen and oxygen atoms in total. The largest absolute Gasteiger partial charge is 0.508 e. The monoisotopic (exact) mass is 631 g/mol. The van der Waals surface area contributed by atoms with Gasteiger partial charge >= 0.3 is 12.4 Å². The minimum atomic E-state index is -5.21. The van der Waals surface area contributed by atoms with Gasteiger partial charge in [-0.2, -0.15) is 26.3 Å². The molecule has 6 rings (SSSR count). The van der Waals surface area contributed by atoms with Crippen molar-refractivity contribution in [1.29, 1.82) is 0 Å². The van der Waals surface area contributed by atoms with Gasteiger partial charge in [-0.05, 0) is 68.2 Å². The van der Waals surface area contributed by atoms with Crippen LogP contribution in [0.2, 0.25) is 0 Å². The van der Waals surface area contributed by atoms with E-state index < -0.39 is 76.2 Å². The molecule has 234 valence electrons. The highest BCUT2D eigenvalue weighted by molar-refractivity contribution is 6.25. The van der Waals surface area contributed by atoms with Gasteiger partial charge in [0.2, 0.25) is 11.8 Å². The predicted molar refractivity (Wildman–Crippen MR) is 145 cm³/mol. The molecule has 0 spiro atoms. The van der Waals surface area contributed by atoms with Gasteiger partial charge in [-0.3, -0.25) is 19.2 Å². The smallest absolute Gasteiger partial charge is 0.416 e. The molecular weight excluding hydrogens is 608 g/mol. The van der Waals surface area contributed by atoms with E-state index in [1.165, 1.54) is 32.2 Å².